The Morgan fingerprint density at radius 3 is 2.15 bits per heavy atom. The van der Waals surface area contributed by atoms with Crippen molar-refractivity contribution in [3.63, 3.8) is 0 Å². The lowest BCUT2D eigenvalue weighted by atomic mass is 9.79. The van der Waals surface area contributed by atoms with Crippen LogP contribution >= 0.6 is 0 Å². The van der Waals surface area contributed by atoms with E-state index in [1.165, 1.54) is 0 Å². The molecule has 1 heterocycles. The zero-order valence-electron chi connectivity index (χ0n) is 8.17. The quantitative estimate of drug-likeness (QED) is 0.678. The van der Waals surface area contributed by atoms with Gasteiger partial charge in [0.2, 0.25) is 0 Å². The fourth-order valence-corrected chi connectivity index (χ4v) is 3.42. The van der Waals surface area contributed by atoms with Gasteiger partial charge in [-0.25, -0.2) is 8.42 Å². The smallest absolute Gasteiger partial charge is 0.150 e. The molecule has 0 aromatic heterocycles. The fraction of sp³-hybridized carbons (Fsp3) is 0.889. The number of carbonyl (C=O) groups excluding carboxylic acids is 1. The lowest BCUT2D eigenvalue weighted by Crippen LogP contribution is -2.37. The maximum Gasteiger partial charge on any atom is 0.150 e. The van der Waals surface area contributed by atoms with E-state index in [0.29, 0.717) is 19.3 Å². The molecule has 0 aromatic rings. The number of hydrogen-bond donors (Lipinski definition) is 0. The normalized spacial score (nSPS) is 25.4. The van der Waals surface area contributed by atoms with Crippen molar-refractivity contribution in [1.29, 1.82) is 0 Å². The van der Waals surface area contributed by atoms with E-state index in [2.05, 4.69) is 0 Å². The summed E-state index contributed by atoms with van der Waals surface area (Å²) in [4.78, 5) is 11.5. The molecule has 0 aliphatic carbocycles. The van der Waals surface area contributed by atoms with Gasteiger partial charge in [-0.05, 0) is 12.8 Å². The number of carbonyl (C=O) groups is 1. The molecule has 0 saturated carbocycles. The number of hydrogen-bond acceptors (Lipinski definition) is 3. The summed E-state index contributed by atoms with van der Waals surface area (Å²) in [5, 5.41) is 0. The second kappa shape index (κ2) is 3.40. The third kappa shape index (κ3) is 2.30. The van der Waals surface area contributed by atoms with Gasteiger partial charge in [0.25, 0.3) is 0 Å². The zero-order valence-corrected chi connectivity index (χ0v) is 8.99. The summed E-state index contributed by atoms with van der Waals surface area (Å²) in [5.74, 6) is 0.548. The van der Waals surface area contributed by atoms with Gasteiger partial charge in [-0.15, -0.1) is 0 Å². The first kappa shape index (κ1) is 10.7. The molecule has 0 atom stereocenters. The maximum absolute atomic E-state index is 11.5. The second-order valence-corrected chi connectivity index (χ2v) is 6.29. The third-order valence-electron chi connectivity index (χ3n) is 2.92. The summed E-state index contributed by atoms with van der Waals surface area (Å²) in [6, 6.07) is 0. The van der Waals surface area contributed by atoms with Crippen molar-refractivity contribution in [3.8, 4) is 0 Å². The Labute approximate surface area is 79.4 Å². The fourth-order valence-electron chi connectivity index (χ4n) is 1.69. The molecule has 1 aliphatic rings. The Morgan fingerprint density at radius 1 is 1.31 bits per heavy atom. The lowest BCUT2D eigenvalue weighted by Gasteiger charge is -2.31. The number of rotatable bonds is 2. The van der Waals surface area contributed by atoms with Crippen LogP contribution in [-0.4, -0.2) is 25.7 Å². The van der Waals surface area contributed by atoms with Gasteiger partial charge in [-0.1, -0.05) is 13.8 Å². The van der Waals surface area contributed by atoms with Crippen LogP contribution in [0.25, 0.3) is 0 Å². The van der Waals surface area contributed by atoms with E-state index in [4.69, 9.17) is 0 Å². The topological polar surface area (TPSA) is 51.2 Å². The molecule has 1 fully saturated rings. The van der Waals surface area contributed by atoms with Crippen LogP contribution in [0.3, 0.4) is 0 Å². The van der Waals surface area contributed by atoms with Gasteiger partial charge in [-0.2, -0.15) is 0 Å². The summed E-state index contributed by atoms with van der Waals surface area (Å²) in [5.41, 5.74) is -0.375. The molecule has 1 aliphatic heterocycles. The van der Waals surface area contributed by atoms with Crippen molar-refractivity contribution in [2.45, 2.75) is 33.1 Å². The molecule has 0 spiro atoms. The van der Waals surface area contributed by atoms with Gasteiger partial charge < -0.3 is 0 Å². The van der Waals surface area contributed by atoms with Crippen molar-refractivity contribution < 1.29 is 13.2 Å². The molecule has 1 saturated heterocycles. The van der Waals surface area contributed by atoms with E-state index in [1.807, 2.05) is 13.8 Å². The molecule has 13 heavy (non-hydrogen) atoms. The van der Waals surface area contributed by atoms with Gasteiger partial charge in [0.1, 0.15) is 15.6 Å². The van der Waals surface area contributed by atoms with Gasteiger partial charge in [0, 0.05) is 11.8 Å². The molecule has 0 radical (unpaired) electrons. The van der Waals surface area contributed by atoms with Crippen molar-refractivity contribution in [2.75, 3.05) is 11.5 Å². The van der Waals surface area contributed by atoms with Crippen LogP contribution in [-0.2, 0) is 14.6 Å². The molecule has 3 nitrogen and oxygen atoms in total. The molecule has 0 aromatic carbocycles. The standard InChI is InChI=1S/C9H16O3S/c1-3-8(10)9(2)4-6-13(11,12)7-5-9/h3-7H2,1-2H3. The number of ketones is 1. The van der Waals surface area contributed by atoms with Crippen LogP contribution in [0, 0.1) is 5.41 Å². The second-order valence-electron chi connectivity index (χ2n) is 3.99. The van der Waals surface area contributed by atoms with E-state index in [-0.39, 0.29) is 22.7 Å². The molecular formula is C9H16O3S. The highest BCUT2D eigenvalue weighted by molar-refractivity contribution is 7.91. The summed E-state index contributed by atoms with van der Waals surface area (Å²) in [7, 11) is -2.85. The number of Topliss-reactive ketones (excluding diaryl/α,β-unsaturated/α-hetero) is 1. The highest BCUT2D eigenvalue weighted by Crippen LogP contribution is 2.33. The average molecular weight is 204 g/mol. The first-order valence-electron chi connectivity index (χ1n) is 4.63. The van der Waals surface area contributed by atoms with Gasteiger partial charge >= 0.3 is 0 Å². The highest BCUT2D eigenvalue weighted by Gasteiger charge is 2.37. The first-order valence-corrected chi connectivity index (χ1v) is 6.45. The molecular weight excluding hydrogens is 188 g/mol. The third-order valence-corrected chi connectivity index (χ3v) is 4.58. The van der Waals surface area contributed by atoms with Crippen molar-refractivity contribution >= 4 is 15.6 Å². The monoisotopic (exact) mass is 204 g/mol. The van der Waals surface area contributed by atoms with Crippen LogP contribution in [0.15, 0.2) is 0 Å². The van der Waals surface area contributed by atoms with E-state index < -0.39 is 9.84 Å². The maximum atomic E-state index is 11.5. The predicted molar refractivity (Wildman–Crippen MR) is 51.3 cm³/mol. The Morgan fingerprint density at radius 2 is 1.77 bits per heavy atom. The predicted octanol–water partition coefficient (Wildman–Crippen LogP) is 1.18. The summed E-state index contributed by atoms with van der Waals surface area (Å²) >= 11 is 0. The molecule has 1 rings (SSSR count). The van der Waals surface area contributed by atoms with Crippen LogP contribution in [0.4, 0.5) is 0 Å². The molecule has 0 unspecified atom stereocenters. The van der Waals surface area contributed by atoms with E-state index in [1.54, 1.807) is 0 Å². The Kier molecular flexibility index (Phi) is 2.80. The highest BCUT2D eigenvalue weighted by atomic mass is 32.2. The lowest BCUT2D eigenvalue weighted by molar-refractivity contribution is -0.128. The van der Waals surface area contributed by atoms with Gasteiger partial charge in [0.15, 0.2) is 0 Å². The van der Waals surface area contributed by atoms with Crippen LogP contribution in [0.5, 0.6) is 0 Å². The Hall–Kier alpha value is -0.380. The number of sulfone groups is 1. The zero-order chi connectivity index (χ0) is 10.1. The van der Waals surface area contributed by atoms with Gasteiger partial charge in [-0.3, -0.25) is 4.79 Å². The Bertz CT molecular complexity index is 289. The minimum atomic E-state index is -2.85. The van der Waals surface area contributed by atoms with E-state index in [9.17, 15) is 13.2 Å². The van der Waals surface area contributed by atoms with Crippen molar-refractivity contribution in [1.82, 2.24) is 0 Å². The van der Waals surface area contributed by atoms with E-state index >= 15 is 0 Å². The Balaban J connectivity index is 2.72. The SMILES string of the molecule is CCC(=O)C1(C)CCS(=O)(=O)CC1. The summed E-state index contributed by atoms with van der Waals surface area (Å²) < 4.78 is 22.3. The van der Waals surface area contributed by atoms with Crippen molar-refractivity contribution in [3.05, 3.63) is 0 Å². The summed E-state index contributed by atoms with van der Waals surface area (Å²) in [6.07, 6.45) is 1.51. The minimum absolute atomic E-state index is 0.176. The van der Waals surface area contributed by atoms with Gasteiger partial charge in [0.05, 0.1) is 11.5 Å². The molecule has 4 heteroatoms. The van der Waals surface area contributed by atoms with E-state index in [0.717, 1.165) is 0 Å². The van der Waals surface area contributed by atoms with Crippen molar-refractivity contribution in [2.24, 2.45) is 5.41 Å². The largest absolute Gasteiger partial charge is 0.299 e. The molecule has 0 amide bonds. The first-order chi connectivity index (χ1) is 5.90. The minimum Gasteiger partial charge on any atom is -0.299 e. The summed E-state index contributed by atoms with van der Waals surface area (Å²) in [6.45, 7) is 3.71. The molecule has 0 bridgehead atoms. The molecule has 0 N–H and O–H groups in total. The molecule has 76 valence electrons. The van der Waals surface area contributed by atoms with Crippen LogP contribution in [0.1, 0.15) is 33.1 Å². The van der Waals surface area contributed by atoms with Crippen LogP contribution in [0.2, 0.25) is 0 Å². The average Bonchev–Trinajstić information content (AvgIpc) is 2.09. The van der Waals surface area contributed by atoms with Crippen LogP contribution < -0.4 is 0 Å².